The molecular weight excluding hydrogens is 320 g/mol. The zero-order valence-corrected chi connectivity index (χ0v) is 11.6. The van der Waals surface area contributed by atoms with Crippen molar-refractivity contribution >= 4 is 37.4 Å². The van der Waals surface area contributed by atoms with Gasteiger partial charge in [0.1, 0.15) is 4.47 Å². The third kappa shape index (κ3) is 2.64. The van der Waals surface area contributed by atoms with E-state index in [1.165, 1.54) is 6.92 Å². The zero-order chi connectivity index (χ0) is 12.3. The number of sulfone groups is 1. The van der Waals surface area contributed by atoms with E-state index in [1.54, 1.807) is 0 Å². The number of alkyl halides is 1. The lowest BCUT2D eigenvalue weighted by Gasteiger charge is -2.10. The quantitative estimate of drug-likeness (QED) is 0.667. The highest BCUT2D eigenvalue weighted by molar-refractivity contribution is 9.10. The number of rotatable bonds is 4. The van der Waals surface area contributed by atoms with Crippen molar-refractivity contribution in [3.8, 4) is 0 Å². The molecule has 0 radical (unpaired) electrons. The first-order valence-corrected chi connectivity index (χ1v) is 7.31. The Bertz CT molecular complexity index is 528. The van der Waals surface area contributed by atoms with Gasteiger partial charge in [-0.1, -0.05) is 0 Å². The first kappa shape index (κ1) is 13.7. The molecule has 0 bridgehead atoms. The van der Waals surface area contributed by atoms with Gasteiger partial charge in [0.25, 0.3) is 5.56 Å². The molecule has 0 saturated carbocycles. The molecule has 1 unspecified atom stereocenters. The summed E-state index contributed by atoms with van der Waals surface area (Å²) in [5, 5.41) is -0.913. The molecule has 0 saturated heterocycles. The number of nitrogens with zero attached hydrogens (tertiary/aromatic N) is 1. The number of halogens is 2. The Morgan fingerprint density at radius 1 is 1.62 bits per heavy atom. The van der Waals surface area contributed by atoms with Gasteiger partial charge in [-0.05, 0) is 29.3 Å². The Labute approximate surface area is 106 Å². The van der Waals surface area contributed by atoms with E-state index in [1.807, 2.05) is 0 Å². The van der Waals surface area contributed by atoms with Crippen LogP contribution in [-0.4, -0.2) is 29.5 Å². The topological polar surface area (TPSA) is 79.9 Å². The minimum Gasteiger partial charge on any atom is -0.312 e. The molecule has 0 amide bonds. The van der Waals surface area contributed by atoms with Crippen LogP contribution < -0.4 is 5.56 Å². The van der Waals surface area contributed by atoms with Gasteiger partial charge in [-0.25, -0.2) is 13.4 Å². The number of nitrogens with one attached hydrogen (secondary N) is 1. The van der Waals surface area contributed by atoms with Crippen LogP contribution in [0, 0.1) is 0 Å². The second kappa shape index (κ2) is 5.29. The third-order valence-electron chi connectivity index (χ3n) is 2.08. The summed E-state index contributed by atoms with van der Waals surface area (Å²) in [6, 6.07) is 0. The summed E-state index contributed by atoms with van der Waals surface area (Å²) in [6.07, 6.45) is 1.37. The molecule has 16 heavy (non-hydrogen) atoms. The molecule has 0 aromatic carbocycles. The molecule has 1 heterocycles. The van der Waals surface area contributed by atoms with Crippen LogP contribution in [0.5, 0.6) is 0 Å². The SMILES string of the molecule is CC(CCCl)S(=O)(=O)c1nc[nH]c(=O)c1Br. The van der Waals surface area contributed by atoms with E-state index in [2.05, 4.69) is 25.9 Å². The molecule has 0 aliphatic carbocycles. The molecule has 1 N–H and O–H groups in total. The lowest BCUT2D eigenvalue weighted by Crippen LogP contribution is -2.23. The number of H-pyrrole nitrogens is 1. The second-order valence-electron chi connectivity index (χ2n) is 3.18. The Hall–Kier alpha value is -0.400. The molecule has 1 atom stereocenters. The fourth-order valence-corrected chi connectivity index (χ4v) is 3.77. The molecule has 1 rings (SSSR count). The Morgan fingerprint density at radius 2 is 2.25 bits per heavy atom. The maximum absolute atomic E-state index is 12.0. The van der Waals surface area contributed by atoms with Gasteiger partial charge >= 0.3 is 0 Å². The van der Waals surface area contributed by atoms with Crippen LogP contribution in [0.3, 0.4) is 0 Å². The zero-order valence-electron chi connectivity index (χ0n) is 8.41. The van der Waals surface area contributed by atoms with E-state index >= 15 is 0 Å². The number of hydrogen-bond acceptors (Lipinski definition) is 4. The van der Waals surface area contributed by atoms with Gasteiger partial charge in [0.15, 0.2) is 14.9 Å². The first-order valence-electron chi connectivity index (χ1n) is 4.44. The normalized spacial score (nSPS) is 13.7. The van der Waals surface area contributed by atoms with Crippen molar-refractivity contribution in [3.63, 3.8) is 0 Å². The first-order chi connectivity index (χ1) is 7.41. The van der Waals surface area contributed by atoms with E-state index in [0.717, 1.165) is 6.33 Å². The molecule has 1 aromatic rings. The molecule has 0 spiro atoms. The minimum absolute atomic E-state index is 0.0728. The highest BCUT2D eigenvalue weighted by atomic mass is 79.9. The predicted octanol–water partition coefficient (Wildman–Crippen LogP) is 1.32. The molecule has 90 valence electrons. The largest absolute Gasteiger partial charge is 0.312 e. The van der Waals surface area contributed by atoms with Crippen LogP contribution in [0.15, 0.2) is 20.6 Å². The lowest BCUT2D eigenvalue weighted by atomic mass is 10.4. The van der Waals surface area contributed by atoms with E-state index in [9.17, 15) is 13.2 Å². The van der Waals surface area contributed by atoms with Gasteiger partial charge in [0, 0.05) is 5.88 Å². The minimum atomic E-state index is -3.62. The van der Waals surface area contributed by atoms with E-state index in [0.29, 0.717) is 6.42 Å². The molecular formula is C8H10BrClN2O3S. The van der Waals surface area contributed by atoms with Crippen LogP contribution in [-0.2, 0) is 9.84 Å². The fraction of sp³-hybridized carbons (Fsp3) is 0.500. The highest BCUT2D eigenvalue weighted by Gasteiger charge is 2.27. The monoisotopic (exact) mass is 328 g/mol. The summed E-state index contributed by atoms with van der Waals surface area (Å²) in [4.78, 5) is 17.2. The van der Waals surface area contributed by atoms with Gasteiger partial charge in [0.05, 0.1) is 11.6 Å². The Morgan fingerprint density at radius 3 is 2.81 bits per heavy atom. The number of hydrogen-bond donors (Lipinski definition) is 1. The van der Waals surface area contributed by atoms with Crippen molar-refractivity contribution in [2.75, 3.05) is 5.88 Å². The molecule has 0 aliphatic heterocycles. The van der Waals surface area contributed by atoms with Crippen LogP contribution in [0.25, 0.3) is 0 Å². The van der Waals surface area contributed by atoms with Crippen molar-refractivity contribution < 1.29 is 8.42 Å². The second-order valence-corrected chi connectivity index (χ2v) is 6.64. The smallest absolute Gasteiger partial charge is 0.266 e. The van der Waals surface area contributed by atoms with Crippen LogP contribution in [0.2, 0.25) is 0 Å². The number of aromatic amines is 1. The van der Waals surface area contributed by atoms with Crippen molar-refractivity contribution in [1.82, 2.24) is 9.97 Å². The maximum atomic E-state index is 12.0. The number of aromatic nitrogens is 2. The van der Waals surface area contributed by atoms with Gasteiger partial charge in [0.2, 0.25) is 0 Å². The predicted molar refractivity (Wildman–Crippen MR) is 64.5 cm³/mol. The molecule has 5 nitrogen and oxygen atoms in total. The van der Waals surface area contributed by atoms with Crippen LogP contribution in [0.4, 0.5) is 0 Å². The lowest BCUT2D eigenvalue weighted by molar-refractivity contribution is 0.576. The summed E-state index contributed by atoms with van der Waals surface area (Å²) in [6.45, 7) is 1.53. The van der Waals surface area contributed by atoms with E-state index in [-0.39, 0.29) is 15.4 Å². The van der Waals surface area contributed by atoms with Crippen molar-refractivity contribution in [2.24, 2.45) is 0 Å². The van der Waals surface area contributed by atoms with Gasteiger partial charge in [-0.2, -0.15) is 0 Å². The summed E-state index contributed by atoms with van der Waals surface area (Å²) < 4.78 is 23.9. The van der Waals surface area contributed by atoms with Crippen molar-refractivity contribution in [1.29, 1.82) is 0 Å². The molecule has 8 heteroatoms. The Kier molecular flexibility index (Phi) is 4.52. The van der Waals surface area contributed by atoms with Gasteiger partial charge in [-0.3, -0.25) is 4.79 Å². The summed E-state index contributed by atoms with van der Waals surface area (Å²) in [5.41, 5.74) is -0.522. The Balaban J connectivity index is 3.28. The average molecular weight is 330 g/mol. The van der Waals surface area contributed by atoms with Gasteiger partial charge < -0.3 is 4.98 Å². The highest BCUT2D eigenvalue weighted by Crippen LogP contribution is 2.21. The van der Waals surface area contributed by atoms with Crippen molar-refractivity contribution in [2.45, 2.75) is 23.6 Å². The maximum Gasteiger partial charge on any atom is 0.266 e. The standard InChI is InChI=1S/C8H10BrClN2O3S/c1-5(2-3-10)16(14,15)8-6(9)7(13)11-4-12-8/h4-5H,2-3H2,1H3,(H,11,12,13). The fourth-order valence-electron chi connectivity index (χ4n) is 1.06. The summed E-state index contributed by atoms with van der Waals surface area (Å²) in [7, 11) is -3.62. The average Bonchev–Trinajstić information content (AvgIpc) is 2.22. The van der Waals surface area contributed by atoms with Crippen molar-refractivity contribution in [3.05, 3.63) is 21.2 Å². The molecule has 0 fully saturated rings. The summed E-state index contributed by atoms with van der Waals surface area (Å²) >= 11 is 8.41. The van der Waals surface area contributed by atoms with Crippen LogP contribution in [0.1, 0.15) is 13.3 Å². The third-order valence-corrected chi connectivity index (χ3v) is 5.44. The van der Waals surface area contributed by atoms with E-state index in [4.69, 9.17) is 11.6 Å². The van der Waals surface area contributed by atoms with E-state index < -0.39 is 20.6 Å². The molecule has 0 aliphatic rings. The summed E-state index contributed by atoms with van der Waals surface area (Å²) in [5.74, 6) is 0.237. The van der Waals surface area contributed by atoms with Crippen LogP contribution >= 0.6 is 27.5 Å². The molecule has 1 aromatic heterocycles. The van der Waals surface area contributed by atoms with Gasteiger partial charge in [-0.15, -0.1) is 11.6 Å².